The minimum atomic E-state index is -0.828. The highest BCUT2D eigenvalue weighted by Crippen LogP contribution is 2.29. The van der Waals surface area contributed by atoms with Crippen molar-refractivity contribution in [2.75, 3.05) is 0 Å². The molecular formula is C16H15NO2. The molecule has 0 saturated heterocycles. The molecule has 96 valence electrons. The SMILES string of the molecule is O=C(O)C(c1cccnc1)c1ccc2c(c1)CCC2. The van der Waals surface area contributed by atoms with E-state index in [0.29, 0.717) is 0 Å². The van der Waals surface area contributed by atoms with Crippen LogP contribution in [0.5, 0.6) is 0 Å². The number of carboxylic acid groups (broad SMARTS) is 1. The minimum Gasteiger partial charge on any atom is -0.481 e. The molecule has 0 bridgehead atoms. The first kappa shape index (κ1) is 11.9. The van der Waals surface area contributed by atoms with Crippen molar-refractivity contribution in [2.45, 2.75) is 25.2 Å². The second-order valence-electron chi connectivity index (χ2n) is 4.94. The van der Waals surface area contributed by atoms with Crippen LogP contribution in [0.1, 0.15) is 34.6 Å². The van der Waals surface area contributed by atoms with Crippen molar-refractivity contribution in [2.24, 2.45) is 0 Å². The topological polar surface area (TPSA) is 50.2 Å². The lowest BCUT2D eigenvalue weighted by Crippen LogP contribution is -2.13. The number of aromatic nitrogens is 1. The van der Waals surface area contributed by atoms with Crippen LogP contribution in [0.3, 0.4) is 0 Å². The number of benzene rings is 1. The first-order valence-corrected chi connectivity index (χ1v) is 6.50. The third-order valence-corrected chi connectivity index (χ3v) is 3.72. The van der Waals surface area contributed by atoms with Gasteiger partial charge in [-0.1, -0.05) is 24.3 Å². The summed E-state index contributed by atoms with van der Waals surface area (Å²) in [5.41, 5.74) is 4.24. The van der Waals surface area contributed by atoms with Crippen LogP contribution in [-0.2, 0) is 17.6 Å². The third-order valence-electron chi connectivity index (χ3n) is 3.72. The highest BCUT2D eigenvalue weighted by molar-refractivity contribution is 5.80. The third kappa shape index (κ3) is 2.24. The van der Waals surface area contributed by atoms with E-state index in [2.05, 4.69) is 11.1 Å². The number of rotatable bonds is 3. The summed E-state index contributed by atoms with van der Waals surface area (Å²) in [5.74, 6) is -1.45. The molecule has 1 aromatic heterocycles. The minimum absolute atomic E-state index is 0.625. The molecule has 0 amide bonds. The van der Waals surface area contributed by atoms with Gasteiger partial charge < -0.3 is 5.11 Å². The van der Waals surface area contributed by atoms with Crippen LogP contribution in [0.15, 0.2) is 42.7 Å². The number of hydrogen-bond donors (Lipinski definition) is 1. The number of aryl methyl sites for hydroxylation is 2. The number of carbonyl (C=O) groups is 1. The maximum Gasteiger partial charge on any atom is 0.315 e. The Morgan fingerprint density at radius 2 is 2.00 bits per heavy atom. The summed E-state index contributed by atoms with van der Waals surface area (Å²) in [7, 11) is 0. The molecule has 19 heavy (non-hydrogen) atoms. The number of nitrogens with zero attached hydrogens (tertiary/aromatic N) is 1. The van der Waals surface area contributed by atoms with Crippen LogP contribution in [-0.4, -0.2) is 16.1 Å². The van der Waals surface area contributed by atoms with E-state index in [1.165, 1.54) is 17.5 Å². The first-order valence-electron chi connectivity index (χ1n) is 6.50. The molecule has 1 N–H and O–H groups in total. The predicted molar refractivity (Wildman–Crippen MR) is 72.2 cm³/mol. The zero-order valence-corrected chi connectivity index (χ0v) is 10.5. The van der Waals surface area contributed by atoms with E-state index >= 15 is 0 Å². The van der Waals surface area contributed by atoms with Gasteiger partial charge in [0, 0.05) is 12.4 Å². The zero-order chi connectivity index (χ0) is 13.2. The summed E-state index contributed by atoms with van der Waals surface area (Å²) in [6, 6.07) is 9.66. The Morgan fingerprint density at radius 3 is 2.74 bits per heavy atom. The average Bonchev–Trinajstić information content (AvgIpc) is 2.87. The second kappa shape index (κ2) is 4.84. The van der Waals surface area contributed by atoms with Crippen molar-refractivity contribution in [1.29, 1.82) is 0 Å². The fourth-order valence-corrected chi connectivity index (χ4v) is 2.80. The summed E-state index contributed by atoms with van der Waals surface area (Å²) in [6.07, 6.45) is 6.63. The molecule has 2 aromatic rings. The maximum absolute atomic E-state index is 11.6. The predicted octanol–water partition coefficient (Wildman–Crippen LogP) is 2.79. The Hall–Kier alpha value is -2.16. The fraction of sp³-hybridized carbons (Fsp3) is 0.250. The molecule has 3 heteroatoms. The summed E-state index contributed by atoms with van der Waals surface area (Å²) in [4.78, 5) is 15.6. The van der Waals surface area contributed by atoms with Gasteiger partial charge in [0.1, 0.15) is 5.92 Å². The molecule has 1 aromatic carbocycles. The average molecular weight is 253 g/mol. The van der Waals surface area contributed by atoms with E-state index in [1.54, 1.807) is 18.5 Å². The van der Waals surface area contributed by atoms with E-state index in [-0.39, 0.29) is 0 Å². The normalized spacial score (nSPS) is 14.9. The number of aliphatic carboxylic acids is 1. The Balaban J connectivity index is 2.04. The Labute approximate surface area is 111 Å². The number of hydrogen-bond acceptors (Lipinski definition) is 2. The number of carboxylic acids is 1. The lowest BCUT2D eigenvalue weighted by Gasteiger charge is -2.14. The quantitative estimate of drug-likeness (QED) is 0.915. The monoisotopic (exact) mass is 253 g/mol. The molecule has 1 atom stereocenters. The van der Waals surface area contributed by atoms with Gasteiger partial charge >= 0.3 is 5.97 Å². The molecule has 0 radical (unpaired) electrons. The smallest absolute Gasteiger partial charge is 0.315 e. The summed E-state index contributed by atoms with van der Waals surface area (Å²) >= 11 is 0. The molecule has 0 saturated carbocycles. The van der Waals surface area contributed by atoms with Crippen LogP contribution in [0, 0.1) is 0 Å². The van der Waals surface area contributed by atoms with Crippen LogP contribution < -0.4 is 0 Å². The van der Waals surface area contributed by atoms with E-state index in [9.17, 15) is 9.90 Å². The van der Waals surface area contributed by atoms with Gasteiger partial charge in [-0.25, -0.2) is 0 Å². The van der Waals surface area contributed by atoms with Crippen LogP contribution in [0.4, 0.5) is 0 Å². The molecule has 0 aliphatic heterocycles. The molecule has 0 fully saturated rings. The van der Waals surface area contributed by atoms with Crippen molar-refractivity contribution in [3.05, 3.63) is 65.0 Å². The Bertz CT molecular complexity index is 607. The maximum atomic E-state index is 11.6. The zero-order valence-electron chi connectivity index (χ0n) is 10.5. The van der Waals surface area contributed by atoms with Gasteiger partial charge in [-0.3, -0.25) is 9.78 Å². The second-order valence-corrected chi connectivity index (χ2v) is 4.94. The van der Waals surface area contributed by atoms with Crippen molar-refractivity contribution in [3.63, 3.8) is 0 Å². The Morgan fingerprint density at radius 1 is 1.16 bits per heavy atom. The fourth-order valence-electron chi connectivity index (χ4n) is 2.80. The van der Waals surface area contributed by atoms with Gasteiger partial charge in [0.05, 0.1) is 0 Å². The molecule has 1 heterocycles. The van der Waals surface area contributed by atoms with Gasteiger partial charge in [0.25, 0.3) is 0 Å². The molecule has 0 spiro atoms. The standard InChI is InChI=1S/C16H15NO2/c18-16(19)15(14-5-2-8-17-10-14)13-7-6-11-3-1-4-12(11)9-13/h2,5-10,15H,1,3-4H2,(H,18,19). The van der Waals surface area contributed by atoms with E-state index in [4.69, 9.17) is 0 Å². The summed E-state index contributed by atoms with van der Waals surface area (Å²) in [5, 5.41) is 9.50. The number of pyridine rings is 1. The van der Waals surface area contributed by atoms with Crippen molar-refractivity contribution < 1.29 is 9.90 Å². The highest BCUT2D eigenvalue weighted by atomic mass is 16.4. The lowest BCUT2D eigenvalue weighted by atomic mass is 9.90. The molecule has 3 rings (SSSR count). The highest BCUT2D eigenvalue weighted by Gasteiger charge is 2.23. The first-order chi connectivity index (χ1) is 9.25. The van der Waals surface area contributed by atoms with Crippen molar-refractivity contribution in [1.82, 2.24) is 4.98 Å². The summed E-state index contributed by atoms with van der Waals surface area (Å²) in [6.45, 7) is 0. The van der Waals surface area contributed by atoms with Gasteiger partial charge in [-0.05, 0) is 47.6 Å². The largest absolute Gasteiger partial charge is 0.481 e. The molecular weight excluding hydrogens is 238 g/mol. The Kier molecular flexibility index (Phi) is 3.03. The van der Waals surface area contributed by atoms with Gasteiger partial charge in [-0.2, -0.15) is 0 Å². The molecule has 1 aliphatic rings. The van der Waals surface area contributed by atoms with E-state index < -0.39 is 11.9 Å². The van der Waals surface area contributed by atoms with E-state index in [1.807, 2.05) is 18.2 Å². The van der Waals surface area contributed by atoms with Gasteiger partial charge in [0.15, 0.2) is 0 Å². The van der Waals surface area contributed by atoms with Crippen LogP contribution >= 0.6 is 0 Å². The molecule has 3 nitrogen and oxygen atoms in total. The van der Waals surface area contributed by atoms with Crippen LogP contribution in [0.25, 0.3) is 0 Å². The number of fused-ring (bicyclic) bond motifs is 1. The van der Waals surface area contributed by atoms with Crippen LogP contribution in [0.2, 0.25) is 0 Å². The van der Waals surface area contributed by atoms with E-state index in [0.717, 1.165) is 24.0 Å². The molecule has 1 unspecified atom stereocenters. The van der Waals surface area contributed by atoms with Gasteiger partial charge in [0.2, 0.25) is 0 Å². The lowest BCUT2D eigenvalue weighted by molar-refractivity contribution is -0.137. The van der Waals surface area contributed by atoms with Crippen molar-refractivity contribution >= 4 is 5.97 Å². The van der Waals surface area contributed by atoms with Crippen molar-refractivity contribution in [3.8, 4) is 0 Å². The molecule has 1 aliphatic carbocycles. The summed E-state index contributed by atoms with van der Waals surface area (Å²) < 4.78 is 0. The van der Waals surface area contributed by atoms with Gasteiger partial charge in [-0.15, -0.1) is 0 Å².